The minimum absolute atomic E-state index is 0. The van der Waals surface area contributed by atoms with E-state index in [9.17, 15) is 9.90 Å². The first-order chi connectivity index (χ1) is 11.6. The Bertz CT molecular complexity index is 545. The third-order valence-electron chi connectivity index (χ3n) is 5.45. The van der Waals surface area contributed by atoms with Gasteiger partial charge in [-0.2, -0.15) is 0 Å². The lowest BCUT2D eigenvalue weighted by atomic mass is 9.81. The molecule has 5 nitrogen and oxygen atoms in total. The zero-order valence-corrected chi connectivity index (χ0v) is 16.8. The van der Waals surface area contributed by atoms with Crippen molar-refractivity contribution in [2.75, 3.05) is 32.7 Å². The van der Waals surface area contributed by atoms with E-state index in [0.29, 0.717) is 19.6 Å². The van der Waals surface area contributed by atoms with Gasteiger partial charge in [-0.25, -0.2) is 0 Å². The number of carbonyl (C=O) groups is 1. The number of rotatable bonds is 4. The number of piperazine rings is 1. The lowest BCUT2D eigenvalue weighted by Gasteiger charge is -2.41. The van der Waals surface area contributed by atoms with Crippen molar-refractivity contribution in [1.29, 1.82) is 0 Å². The smallest absolute Gasteiger partial charge is 0.242 e. The number of hydrogen-bond donors (Lipinski definition) is 2. The van der Waals surface area contributed by atoms with Crippen LogP contribution in [0.4, 0.5) is 0 Å². The minimum Gasteiger partial charge on any atom is -0.387 e. The quantitative estimate of drug-likeness (QED) is 0.809. The number of amides is 1. The number of aliphatic hydroxyl groups excluding tert-OH is 1. The Morgan fingerprint density at radius 2 is 1.62 bits per heavy atom. The van der Waals surface area contributed by atoms with E-state index in [0.717, 1.165) is 44.3 Å². The van der Waals surface area contributed by atoms with Gasteiger partial charge < -0.3 is 15.7 Å². The molecule has 7 heteroatoms. The van der Waals surface area contributed by atoms with Crippen molar-refractivity contribution >= 4 is 30.7 Å². The summed E-state index contributed by atoms with van der Waals surface area (Å²) >= 11 is 0. The van der Waals surface area contributed by atoms with Crippen LogP contribution in [0.1, 0.15) is 43.8 Å². The summed E-state index contributed by atoms with van der Waals surface area (Å²) in [6, 6.07) is 9.74. The fourth-order valence-corrected chi connectivity index (χ4v) is 3.87. The molecule has 26 heavy (non-hydrogen) atoms. The zero-order valence-electron chi connectivity index (χ0n) is 15.2. The molecule has 1 aliphatic heterocycles. The molecule has 1 aromatic rings. The summed E-state index contributed by atoms with van der Waals surface area (Å²) in [4.78, 5) is 16.9. The van der Waals surface area contributed by atoms with Crippen LogP contribution in [0.2, 0.25) is 0 Å². The van der Waals surface area contributed by atoms with Gasteiger partial charge in [-0.1, -0.05) is 49.6 Å². The first-order valence-electron chi connectivity index (χ1n) is 9.12. The van der Waals surface area contributed by atoms with E-state index < -0.39 is 11.6 Å². The van der Waals surface area contributed by atoms with Crippen molar-refractivity contribution in [3.05, 3.63) is 35.9 Å². The highest BCUT2D eigenvalue weighted by Crippen LogP contribution is 2.28. The van der Waals surface area contributed by atoms with Crippen LogP contribution in [0.25, 0.3) is 0 Å². The van der Waals surface area contributed by atoms with Gasteiger partial charge in [0.25, 0.3) is 0 Å². The highest BCUT2D eigenvalue weighted by Gasteiger charge is 2.39. The third-order valence-corrected chi connectivity index (χ3v) is 5.45. The Balaban J connectivity index is 0.00000169. The van der Waals surface area contributed by atoms with E-state index in [1.807, 2.05) is 35.2 Å². The highest BCUT2D eigenvalue weighted by atomic mass is 35.5. The molecule has 3 rings (SSSR count). The molecule has 1 saturated carbocycles. The van der Waals surface area contributed by atoms with E-state index >= 15 is 0 Å². The van der Waals surface area contributed by atoms with Crippen LogP contribution in [0, 0.1) is 0 Å². The summed E-state index contributed by atoms with van der Waals surface area (Å²) in [7, 11) is 0. The molecule has 1 unspecified atom stereocenters. The molecule has 0 bridgehead atoms. The number of nitrogens with two attached hydrogens (primary N) is 1. The van der Waals surface area contributed by atoms with Gasteiger partial charge >= 0.3 is 0 Å². The van der Waals surface area contributed by atoms with Crippen molar-refractivity contribution in [2.45, 2.75) is 43.7 Å². The Hall–Kier alpha value is -0.850. The van der Waals surface area contributed by atoms with Gasteiger partial charge in [0.05, 0.1) is 11.6 Å². The van der Waals surface area contributed by atoms with Crippen LogP contribution in [-0.4, -0.2) is 59.1 Å². The Labute approximate surface area is 168 Å². The minimum atomic E-state index is -0.635. The summed E-state index contributed by atoms with van der Waals surface area (Å²) in [5.41, 5.74) is 6.69. The summed E-state index contributed by atoms with van der Waals surface area (Å²) < 4.78 is 0. The van der Waals surface area contributed by atoms with Crippen LogP contribution in [-0.2, 0) is 4.79 Å². The summed E-state index contributed by atoms with van der Waals surface area (Å²) in [6.07, 6.45) is 4.47. The van der Waals surface area contributed by atoms with Crippen molar-refractivity contribution in [1.82, 2.24) is 9.80 Å². The number of nitrogens with zero attached hydrogens (tertiary/aromatic N) is 2. The Morgan fingerprint density at radius 1 is 1.04 bits per heavy atom. The highest BCUT2D eigenvalue weighted by molar-refractivity contribution is 5.86. The molecule has 1 atom stereocenters. The van der Waals surface area contributed by atoms with Gasteiger partial charge in [-0.05, 0) is 18.4 Å². The van der Waals surface area contributed by atoms with Crippen LogP contribution >= 0.6 is 24.8 Å². The van der Waals surface area contributed by atoms with Gasteiger partial charge in [-0.3, -0.25) is 9.69 Å². The monoisotopic (exact) mass is 403 g/mol. The normalized spacial score (nSPS) is 21.2. The molecule has 2 aliphatic rings. The van der Waals surface area contributed by atoms with E-state index in [1.165, 1.54) is 6.42 Å². The van der Waals surface area contributed by atoms with Crippen LogP contribution in [0.5, 0.6) is 0 Å². The maximum atomic E-state index is 12.8. The maximum absolute atomic E-state index is 12.8. The predicted molar refractivity (Wildman–Crippen MR) is 109 cm³/mol. The van der Waals surface area contributed by atoms with E-state index in [2.05, 4.69) is 4.90 Å². The fraction of sp³-hybridized carbons (Fsp3) is 0.632. The Morgan fingerprint density at radius 3 is 2.19 bits per heavy atom. The maximum Gasteiger partial charge on any atom is 0.242 e. The van der Waals surface area contributed by atoms with Gasteiger partial charge in [-0.15, -0.1) is 24.8 Å². The fourth-order valence-electron chi connectivity index (χ4n) is 3.87. The number of benzene rings is 1. The number of hydrogen-bond acceptors (Lipinski definition) is 4. The van der Waals surface area contributed by atoms with Crippen molar-refractivity contribution in [3.63, 3.8) is 0 Å². The van der Waals surface area contributed by atoms with Crippen LogP contribution in [0.3, 0.4) is 0 Å². The predicted octanol–water partition coefficient (Wildman–Crippen LogP) is 2.37. The first-order valence-corrected chi connectivity index (χ1v) is 9.12. The summed E-state index contributed by atoms with van der Waals surface area (Å²) in [6.45, 7) is 3.62. The second-order valence-electron chi connectivity index (χ2n) is 7.24. The van der Waals surface area contributed by atoms with Crippen LogP contribution in [0.15, 0.2) is 30.3 Å². The molecule has 0 radical (unpaired) electrons. The number of β-amino-alcohol motifs (C(OH)–C–C–N with tert-alkyl or cyclic N) is 1. The number of halogens is 2. The van der Waals surface area contributed by atoms with E-state index in [4.69, 9.17) is 5.73 Å². The second kappa shape index (κ2) is 10.5. The van der Waals surface area contributed by atoms with Crippen LogP contribution < -0.4 is 5.73 Å². The molecular formula is C19H31Cl2N3O2. The van der Waals surface area contributed by atoms with Crippen molar-refractivity contribution in [2.24, 2.45) is 5.73 Å². The molecule has 1 aromatic carbocycles. The number of carbonyl (C=O) groups excluding carboxylic acids is 1. The van der Waals surface area contributed by atoms with Gasteiger partial charge in [0.1, 0.15) is 0 Å². The molecule has 3 N–H and O–H groups in total. The zero-order chi connectivity index (χ0) is 17.0. The average molecular weight is 404 g/mol. The molecule has 0 aromatic heterocycles. The van der Waals surface area contributed by atoms with Crippen molar-refractivity contribution in [3.8, 4) is 0 Å². The summed E-state index contributed by atoms with van der Waals surface area (Å²) in [5, 5.41) is 10.4. The molecular weight excluding hydrogens is 373 g/mol. The largest absolute Gasteiger partial charge is 0.387 e. The Kier molecular flexibility index (Phi) is 9.34. The molecule has 2 fully saturated rings. The molecule has 1 saturated heterocycles. The van der Waals surface area contributed by atoms with Gasteiger partial charge in [0.2, 0.25) is 5.91 Å². The van der Waals surface area contributed by atoms with E-state index in [1.54, 1.807) is 0 Å². The molecule has 1 amide bonds. The number of aliphatic hydroxyl groups is 1. The first kappa shape index (κ1) is 23.2. The summed E-state index contributed by atoms with van der Waals surface area (Å²) in [5.74, 6) is 0.130. The lowest BCUT2D eigenvalue weighted by Crippen LogP contribution is -2.60. The van der Waals surface area contributed by atoms with Gasteiger partial charge in [0.15, 0.2) is 0 Å². The SMILES string of the molecule is Cl.Cl.NC1(C(=O)N2CCN(CC(O)c3ccccc3)CC2)CCCCC1. The molecule has 148 valence electrons. The molecule has 1 aliphatic carbocycles. The molecule has 0 spiro atoms. The average Bonchev–Trinajstić information content (AvgIpc) is 2.63. The lowest BCUT2D eigenvalue weighted by molar-refractivity contribution is -0.140. The topological polar surface area (TPSA) is 69.8 Å². The van der Waals surface area contributed by atoms with Gasteiger partial charge in [0, 0.05) is 32.7 Å². The third kappa shape index (κ3) is 5.57. The van der Waals surface area contributed by atoms with E-state index in [-0.39, 0.29) is 30.7 Å². The molecule has 1 heterocycles. The van der Waals surface area contributed by atoms with Crippen molar-refractivity contribution < 1.29 is 9.90 Å². The second-order valence-corrected chi connectivity index (χ2v) is 7.24. The standard InChI is InChI=1S/C19H29N3O2.2ClH/c20-19(9-5-2-6-10-19)18(24)22-13-11-21(12-14-22)15-17(23)16-7-3-1-4-8-16;;/h1,3-4,7-8,17,23H,2,5-6,9-15,20H2;2*1H.